The van der Waals surface area contributed by atoms with Crippen molar-refractivity contribution in [3.63, 3.8) is 0 Å². The molecule has 1 aromatic carbocycles. The van der Waals surface area contributed by atoms with E-state index in [0.717, 1.165) is 13.2 Å². The summed E-state index contributed by atoms with van der Waals surface area (Å²) < 4.78 is 42.2. The number of hydrogen-bond donors (Lipinski definition) is 0. The van der Waals surface area contributed by atoms with Crippen molar-refractivity contribution in [1.29, 1.82) is 0 Å². The molecule has 0 atom stereocenters. The van der Waals surface area contributed by atoms with Gasteiger partial charge in [-0.25, -0.2) is 0 Å². The molecule has 0 N–H and O–H groups in total. The van der Waals surface area contributed by atoms with E-state index in [2.05, 4.69) is 4.74 Å². The largest absolute Gasteiger partial charge is 0.509 e. The fraction of sp³-hybridized carbons (Fsp3) is 0.222. The Balaban J connectivity index is 3.19. The van der Waals surface area contributed by atoms with E-state index in [9.17, 15) is 17.7 Å². The molecule has 0 saturated carbocycles. The quantitative estimate of drug-likeness (QED) is 0.607. The highest BCUT2D eigenvalue weighted by molar-refractivity contribution is 6.74. The third-order valence-corrected chi connectivity index (χ3v) is 2.41. The van der Waals surface area contributed by atoms with Gasteiger partial charge in [0.25, 0.3) is 0 Å². The van der Waals surface area contributed by atoms with Gasteiger partial charge in [-0.1, -0.05) is 23.7 Å². The summed E-state index contributed by atoms with van der Waals surface area (Å²) >= 11 is 5.64. The zero-order chi connectivity index (χ0) is 12.3. The molecule has 0 saturated heterocycles. The molecular weight excluding hydrogens is 243 g/mol. The maximum Gasteiger partial charge on any atom is 0.509 e. The van der Waals surface area contributed by atoms with E-state index in [4.69, 9.17) is 11.6 Å². The van der Waals surface area contributed by atoms with Crippen LogP contribution in [0.2, 0.25) is 5.02 Å². The number of ether oxygens (including phenoxy) is 1. The number of benzene rings is 1. The predicted octanol–water partition coefficient (Wildman–Crippen LogP) is 2.11. The molecule has 1 rings (SSSR count). The summed E-state index contributed by atoms with van der Waals surface area (Å²) in [5.41, 5.74) is -1.08. The van der Waals surface area contributed by atoms with Crippen molar-refractivity contribution in [2.45, 2.75) is 6.42 Å². The first-order chi connectivity index (χ1) is 7.36. The van der Waals surface area contributed by atoms with Gasteiger partial charge >= 0.3 is 12.9 Å². The average Bonchev–Trinajstić information content (AvgIpc) is 2.19. The molecule has 0 fully saturated rings. The molecule has 0 aliphatic carbocycles. The molecular formula is C9H8BClF3O2-. The summed E-state index contributed by atoms with van der Waals surface area (Å²) in [6.45, 7) is -5.18. The van der Waals surface area contributed by atoms with Gasteiger partial charge in [0, 0.05) is 5.02 Å². The van der Waals surface area contributed by atoms with Crippen molar-refractivity contribution in [1.82, 2.24) is 0 Å². The fourth-order valence-electron chi connectivity index (χ4n) is 1.29. The monoisotopic (exact) mass is 251 g/mol. The van der Waals surface area contributed by atoms with Crippen LogP contribution in [-0.2, 0) is 16.0 Å². The summed E-state index contributed by atoms with van der Waals surface area (Å²) in [7, 11) is 1.11. The lowest BCUT2D eigenvalue weighted by Crippen LogP contribution is -2.37. The van der Waals surface area contributed by atoms with Crippen LogP contribution in [0, 0.1) is 0 Å². The molecule has 2 nitrogen and oxygen atoms in total. The van der Waals surface area contributed by atoms with Crippen molar-refractivity contribution >= 4 is 30.0 Å². The van der Waals surface area contributed by atoms with Gasteiger partial charge < -0.3 is 17.7 Å². The highest BCUT2D eigenvalue weighted by Crippen LogP contribution is 2.20. The molecule has 0 aliphatic rings. The average molecular weight is 251 g/mol. The first-order valence-corrected chi connectivity index (χ1v) is 4.78. The van der Waals surface area contributed by atoms with Crippen LogP contribution in [0.15, 0.2) is 18.2 Å². The number of hydrogen-bond acceptors (Lipinski definition) is 2. The van der Waals surface area contributed by atoms with Gasteiger partial charge in [0.1, 0.15) is 0 Å². The van der Waals surface area contributed by atoms with Crippen LogP contribution in [-0.4, -0.2) is 20.1 Å². The first-order valence-electron chi connectivity index (χ1n) is 4.40. The van der Waals surface area contributed by atoms with Crippen LogP contribution in [0.4, 0.5) is 12.9 Å². The Kier molecular flexibility index (Phi) is 3.85. The molecule has 0 aromatic heterocycles. The molecule has 1 aromatic rings. The number of halogens is 4. The molecule has 0 unspecified atom stereocenters. The summed E-state index contributed by atoms with van der Waals surface area (Å²) in [6, 6.07) is 3.42. The van der Waals surface area contributed by atoms with E-state index in [-0.39, 0.29) is 10.6 Å². The maximum atomic E-state index is 12.6. The number of esters is 1. The molecule has 7 heteroatoms. The first kappa shape index (κ1) is 12.9. The second kappa shape index (κ2) is 4.78. The maximum absolute atomic E-state index is 12.6. The number of carbonyl (C=O) groups is 1. The smallest absolute Gasteiger partial charge is 0.469 e. The minimum Gasteiger partial charge on any atom is -0.469 e. The van der Waals surface area contributed by atoms with Crippen LogP contribution in [0.5, 0.6) is 0 Å². The minimum atomic E-state index is -5.18. The lowest BCUT2D eigenvalue weighted by molar-refractivity contribution is -0.139. The standard InChI is InChI=1S/C9H8BClF3O2/c1-16-9(15)5-6-7(10(12,13)14)3-2-4-8(6)11/h2-4H,5H2,1H3/q-1. The summed E-state index contributed by atoms with van der Waals surface area (Å²) in [5.74, 6) is -0.755. The van der Waals surface area contributed by atoms with Gasteiger partial charge in [-0.3, -0.25) is 4.79 Å². The summed E-state index contributed by atoms with van der Waals surface area (Å²) in [6.07, 6.45) is -0.479. The summed E-state index contributed by atoms with van der Waals surface area (Å²) in [5, 5.41) is -0.0814. The van der Waals surface area contributed by atoms with Gasteiger partial charge in [0.15, 0.2) is 0 Å². The van der Waals surface area contributed by atoms with Gasteiger partial charge in [-0.05, 0) is 11.6 Å². The predicted molar refractivity (Wildman–Crippen MR) is 55.9 cm³/mol. The van der Waals surface area contributed by atoms with Gasteiger partial charge in [0.05, 0.1) is 13.5 Å². The van der Waals surface area contributed by atoms with E-state index in [1.165, 1.54) is 12.1 Å². The van der Waals surface area contributed by atoms with Crippen molar-refractivity contribution in [3.05, 3.63) is 28.8 Å². The Labute approximate surface area is 95.4 Å². The van der Waals surface area contributed by atoms with E-state index in [1.807, 2.05) is 0 Å². The van der Waals surface area contributed by atoms with Crippen molar-refractivity contribution < 1.29 is 22.5 Å². The van der Waals surface area contributed by atoms with E-state index in [0.29, 0.717) is 0 Å². The molecule has 16 heavy (non-hydrogen) atoms. The molecule has 0 aliphatic heterocycles. The Morgan fingerprint density at radius 3 is 2.56 bits per heavy atom. The van der Waals surface area contributed by atoms with Crippen LogP contribution in [0.3, 0.4) is 0 Å². The third-order valence-electron chi connectivity index (χ3n) is 2.06. The number of rotatable bonds is 3. The topological polar surface area (TPSA) is 26.3 Å². The minimum absolute atomic E-state index is 0.0814. The molecule has 0 radical (unpaired) electrons. The number of methoxy groups -OCH3 is 1. The van der Waals surface area contributed by atoms with E-state index < -0.39 is 24.8 Å². The second-order valence-corrected chi connectivity index (χ2v) is 3.54. The Morgan fingerprint density at radius 2 is 2.06 bits per heavy atom. The van der Waals surface area contributed by atoms with Gasteiger partial charge in [-0.15, -0.1) is 5.46 Å². The molecule has 0 heterocycles. The van der Waals surface area contributed by atoms with Crippen LogP contribution < -0.4 is 5.46 Å². The zero-order valence-electron chi connectivity index (χ0n) is 8.34. The lowest BCUT2D eigenvalue weighted by atomic mass is 9.76. The van der Waals surface area contributed by atoms with Crippen LogP contribution >= 0.6 is 11.6 Å². The zero-order valence-corrected chi connectivity index (χ0v) is 9.10. The number of carbonyl (C=O) groups excluding carboxylic acids is 1. The molecule has 0 spiro atoms. The third kappa shape index (κ3) is 2.91. The molecule has 0 bridgehead atoms. The molecule has 0 amide bonds. The summed E-state index contributed by atoms with van der Waals surface area (Å²) in [4.78, 5) is 11.0. The SMILES string of the molecule is COC(=O)Cc1c(Cl)cccc1[B-](F)(F)F. The van der Waals surface area contributed by atoms with Gasteiger partial charge in [-0.2, -0.15) is 0 Å². The van der Waals surface area contributed by atoms with Crippen LogP contribution in [0.25, 0.3) is 0 Å². The lowest BCUT2D eigenvalue weighted by Gasteiger charge is -2.19. The van der Waals surface area contributed by atoms with E-state index in [1.54, 1.807) is 0 Å². The fourth-order valence-corrected chi connectivity index (χ4v) is 1.53. The Hall–Kier alpha value is -1.17. The van der Waals surface area contributed by atoms with Crippen molar-refractivity contribution in [3.8, 4) is 0 Å². The van der Waals surface area contributed by atoms with Gasteiger partial charge in [0.2, 0.25) is 0 Å². The molecule has 88 valence electrons. The van der Waals surface area contributed by atoms with Crippen molar-refractivity contribution in [2.75, 3.05) is 7.11 Å². The highest BCUT2D eigenvalue weighted by Gasteiger charge is 2.29. The Morgan fingerprint density at radius 1 is 1.44 bits per heavy atom. The second-order valence-electron chi connectivity index (χ2n) is 3.14. The van der Waals surface area contributed by atoms with Crippen molar-refractivity contribution in [2.24, 2.45) is 0 Å². The highest BCUT2D eigenvalue weighted by atomic mass is 35.5. The normalized spacial score (nSPS) is 11.3. The van der Waals surface area contributed by atoms with E-state index >= 15 is 0 Å². The van der Waals surface area contributed by atoms with Crippen LogP contribution in [0.1, 0.15) is 5.56 Å². The Bertz CT molecular complexity index is 406.